The summed E-state index contributed by atoms with van der Waals surface area (Å²) >= 11 is 0. The number of fused-ring (bicyclic) bond motifs is 1. The van der Waals surface area contributed by atoms with Crippen LogP contribution in [-0.2, 0) is 11.3 Å². The number of hydrogen-bond acceptors (Lipinski definition) is 5. The Bertz CT molecular complexity index is 1240. The first-order valence-corrected chi connectivity index (χ1v) is 8.81. The Kier molecular flexibility index (Phi) is 4.49. The third kappa shape index (κ3) is 3.29. The smallest absolute Gasteiger partial charge is 0.258 e. The van der Waals surface area contributed by atoms with Crippen molar-refractivity contribution in [1.82, 2.24) is 14.7 Å². The second-order valence-electron chi connectivity index (χ2n) is 6.51. The van der Waals surface area contributed by atoms with Crippen LogP contribution in [0.25, 0.3) is 22.4 Å². The molecule has 0 radical (unpaired) electrons. The van der Waals surface area contributed by atoms with Crippen molar-refractivity contribution in [2.75, 3.05) is 5.32 Å². The van der Waals surface area contributed by atoms with E-state index in [1.54, 1.807) is 13.0 Å². The summed E-state index contributed by atoms with van der Waals surface area (Å²) in [5.41, 5.74) is 2.54. The van der Waals surface area contributed by atoms with E-state index in [4.69, 9.17) is 4.52 Å². The molecule has 2 aromatic heterocycles. The molecule has 0 atom stereocenters. The molecule has 0 unspecified atom stereocenters. The number of aromatic nitrogens is 3. The van der Waals surface area contributed by atoms with Crippen LogP contribution in [0.5, 0.6) is 0 Å². The van der Waals surface area contributed by atoms with Gasteiger partial charge in [-0.15, -0.1) is 0 Å². The van der Waals surface area contributed by atoms with Gasteiger partial charge in [-0.2, -0.15) is 4.98 Å². The second kappa shape index (κ2) is 7.11. The molecular weight excluding hydrogens is 356 g/mol. The lowest BCUT2D eigenvalue weighted by Gasteiger charge is -2.13. The van der Waals surface area contributed by atoms with E-state index in [1.165, 1.54) is 10.6 Å². The highest BCUT2D eigenvalue weighted by Crippen LogP contribution is 2.26. The number of hydrogen-bond donors (Lipinski definition) is 1. The van der Waals surface area contributed by atoms with E-state index in [9.17, 15) is 9.59 Å². The second-order valence-corrected chi connectivity index (χ2v) is 6.51. The minimum Gasteiger partial charge on any atom is -0.334 e. The number of anilines is 1. The van der Waals surface area contributed by atoms with E-state index >= 15 is 0 Å². The summed E-state index contributed by atoms with van der Waals surface area (Å²) in [5.74, 6) is 0.492. The van der Waals surface area contributed by atoms with Crippen LogP contribution in [0, 0.1) is 13.8 Å². The zero-order valence-corrected chi connectivity index (χ0v) is 15.5. The number of nitrogens with zero attached hydrogens (tertiary/aromatic N) is 3. The lowest BCUT2D eigenvalue weighted by molar-refractivity contribution is -0.116. The Morgan fingerprint density at radius 2 is 1.86 bits per heavy atom. The van der Waals surface area contributed by atoms with Gasteiger partial charge in [0.1, 0.15) is 6.54 Å². The quantitative estimate of drug-likeness (QED) is 0.592. The summed E-state index contributed by atoms with van der Waals surface area (Å²) < 4.78 is 6.68. The fraction of sp³-hybridized carbons (Fsp3) is 0.143. The highest BCUT2D eigenvalue weighted by atomic mass is 16.5. The van der Waals surface area contributed by atoms with Crippen molar-refractivity contribution >= 4 is 22.5 Å². The number of para-hydroxylation sites is 2. The van der Waals surface area contributed by atoms with Gasteiger partial charge in [-0.05, 0) is 31.5 Å². The maximum Gasteiger partial charge on any atom is 0.258 e. The molecule has 2 heterocycles. The molecule has 7 nitrogen and oxygen atoms in total. The average Bonchev–Trinajstić information content (AvgIpc) is 3.12. The van der Waals surface area contributed by atoms with Crippen LogP contribution in [0.2, 0.25) is 0 Å². The molecule has 1 amide bonds. The molecule has 2 aromatic carbocycles. The SMILES string of the molecule is Cc1noc(-c2cc(=O)n(CC(=O)Nc3ccccc3C)c3ccccc23)n1. The number of rotatable bonds is 4. The molecule has 0 bridgehead atoms. The van der Waals surface area contributed by atoms with Crippen molar-refractivity contribution in [1.29, 1.82) is 0 Å². The van der Waals surface area contributed by atoms with E-state index in [0.29, 0.717) is 16.9 Å². The van der Waals surface area contributed by atoms with Gasteiger partial charge in [-0.25, -0.2) is 0 Å². The van der Waals surface area contributed by atoms with Crippen molar-refractivity contribution in [3.63, 3.8) is 0 Å². The number of benzene rings is 2. The van der Waals surface area contributed by atoms with Gasteiger partial charge in [0.25, 0.3) is 11.4 Å². The van der Waals surface area contributed by atoms with E-state index in [2.05, 4.69) is 15.5 Å². The molecule has 0 aliphatic heterocycles. The largest absolute Gasteiger partial charge is 0.334 e. The van der Waals surface area contributed by atoms with Crippen LogP contribution >= 0.6 is 0 Å². The predicted octanol–water partition coefficient (Wildman–Crippen LogP) is 3.31. The van der Waals surface area contributed by atoms with Crippen molar-refractivity contribution in [3.05, 3.63) is 76.3 Å². The van der Waals surface area contributed by atoms with Gasteiger partial charge in [0.05, 0.1) is 11.1 Å². The zero-order valence-electron chi connectivity index (χ0n) is 15.5. The van der Waals surface area contributed by atoms with E-state index in [1.807, 2.05) is 49.4 Å². The van der Waals surface area contributed by atoms with Gasteiger partial charge in [0.15, 0.2) is 5.82 Å². The molecule has 0 spiro atoms. The molecule has 28 heavy (non-hydrogen) atoms. The Labute approximate surface area is 160 Å². The van der Waals surface area contributed by atoms with Crippen molar-refractivity contribution in [2.24, 2.45) is 0 Å². The van der Waals surface area contributed by atoms with Crippen LogP contribution < -0.4 is 10.9 Å². The molecule has 0 saturated heterocycles. The number of pyridine rings is 1. The third-order valence-electron chi connectivity index (χ3n) is 4.50. The number of carbonyl (C=O) groups is 1. The first kappa shape index (κ1) is 17.7. The summed E-state index contributed by atoms with van der Waals surface area (Å²) in [6, 6.07) is 16.3. The summed E-state index contributed by atoms with van der Waals surface area (Å²) in [6.45, 7) is 3.53. The maximum atomic E-state index is 12.8. The van der Waals surface area contributed by atoms with Crippen molar-refractivity contribution < 1.29 is 9.32 Å². The fourth-order valence-electron chi connectivity index (χ4n) is 3.13. The number of carbonyl (C=O) groups excluding carboxylic acids is 1. The number of aryl methyl sites for hydroxylation is 2. The van der Waals surface area contributed by atoms with Crippen molar-refractivity contribution in [2.45, 2.75) is 20.4 Å². The average molecular weight is 374 g/mol. The molecule has 1 N–H and O–H groups in total. The summed E-state index contributed by atoms with van der Waals surface area (Å²) in [6.07, 6.45) is 0. The van der Waals surface area contributed by atoms with E-state index < -0.39 is 0 Å². The van der Waals surface area contributed by atoms with Gasteiger partial charge in [-0.3, -0.25) is 14.2 Å². The fourth-order valence-corrected chi connectivity index (χ4v) is 3.13. The Morgan fingerprint density at radius 1 is 1.11 bits per heavy atom. The minimum atomic E-state index is -0.315. The first-order valence-electron chi connectivity index (χ1n) is 8.81. The Hall–Kier alpha value is -3.74. The summed E-state index contributed by atoms with van der Waals surface area (Å²) in [5, 5.41) is 7.42. The molecule has 0 fully saturated rings. The van der Waals surface area contributed by atoms with Gasteiger partial charge in [0, 0.05) is 17.1 Å². The summed E-state index contributed by atoms with van der Waals surface area (Å²) in [4.78, 5) is 29.6. The molecule has 4 rings (SSSR count). The van der Waals surface area contributed by atoms with Gasteiger partial charge < -0.3 is 9.84 Å². The van der Waals surface area contributed by atoms with E-state index in [-0.39, 0.29) is 23.9 Å². The lowest BCUT2D eigenvalue weighted by Crippen LogP contribution is -2.28. The Balaban J connectivity index is 1.74. The summed E-state index contributed by atoms with van der Waals surface area (Å²) in [7, 11) is 0. The molecule has 7 heteroatoms. The standard InChI is InChI=1S/C21H18N4O3/c1-13-7-3-5-9-17(13)23-19(26)12-25-18-10-6-4-8-15(18)16(11-20(25)27)21-22-14(2)24-28-21/h3-11H,12H2,1-2H3,(H,23,26). The molecule has 4 aromatic rings. The Morgan fingerprint density at radius 3 is 2.61 bits per heavy atom. The first-order chi connectivity index (χ1) is 13.5. The van der Waals surface area contributed by atoms with Crippen LogP contribution in [0.4, 0.5) is 5.69 Å². The van der Waals surface area contributed by atoms with Crippen LogP contribution in [0.15, 0.2) is 63.9 Å². The number of amides is 1. The van der Waals surface area contributed by atoms with Gasteiger partial charge in [-0.1, -0.05) is 41.6 Å². The lowest BCUT2D eigenvalue weighted by atomic mass is 10.1. The molecule has 0 saturated carbocycles. The highest BCUT2D eigenvalue weighted by Gasteiger charge is 2.16. The third-order valence-corrected chi connectivity index (χ3v) is 4.50. The van der Waals surface area contributed by atoms with Crippen molar-refractivity contribution in [3.8, 4) is 11.5 Å². The molecular formula is C21H18N4O3. The topological polar surface area (TPSA) is 90.0 Å². The monoisotopic (exact) mass is 374 g/mol. The van der Waals surface area contributed by atoms with Gasteiger partial charge in [0.2, 0.25) is 5.91 Å². The van der Waals surface area contributed by atoms with Gasteiger partial charge >= 0.3 is 0 Å². The normalized spacial score (nSPS) is 10.9. The molecule has 0 aliphatic carbocycles. The highest BCUT2D eigenvalue weighted by molar-refractivity contribution is 5.95. The predicted molar refractivity (Wildman–Crippen MR) is 106 cm³/mol. The van der Waals surface area contributed by atoms with E-state index in [0.717, 1.165) is 16.6 Å². The van der Waals surface area contributed by atoms with Crippen LogP contribution in [0.3, 0.4) is 0 Å². The van der Waals surface area contributed by atoms with Crippen LogP contribution in [-0.4, -0.2) is 20.6 Å². The number of nitrogens with one attached hydrogen (secondary N) is 1. The molecule has 140 valence electrons. The molecule has 0 aliphatic rings. The zero-order chi connectivity index (χ0) is 19.7. The minimum absolute atomic E-state index is 0.100. The van der Waals surface area contributed by atoms with Crippen LogP contribution in [0.1, 0.15) is 11.4 Å². The maximum absolute atomic E-state index is 12.8.